The first kappa shape index (κ1) is 13.8. The summed E-state index contributed by atoms with van der Waals surface area (Å²) in [5.41, 5.74) is 3.48. The minimum absolute atomic E-state index is 0.0619. The van der Waals surface area contributed by atoms with Crippen LogP contribution < -0.4 is 9.47 Å². The lowest BCUT2D eigenvalue weighted by Gasteiger charge is -2.14. The Labute approximate surface area is 131 Å². The van der Waals surface area contributed by atoms with Crippen LogP contribution in [0.1, 0.15) is 21.5 Å². The minimum atomic E-state index is 0.0619. The topological polar surface area (TPSA) is 18.5 Å². The molecule has 2 aromatic carbocycles. The number of rotatable bonds is 3. The molecule has 20 heavy (non-hydrogen) atoms. The highest BCUT2D eigenvalue weighted by Crippen LogP contribution is 2.39. The maximum atomic E-state index is 6.34. The zero-order chi connectivity index (χ0) is 14.1. The summed E-state index contributed by atoms with van der Waals surface area (Å²) in [7, 11) is 1.64. The second-order valence-electron chi connectivity index (χ2n) is 4.72. The van der Waals surface area contributed by atoms with Crippen LogP contribution in [0.5, 0.6) is 11.5 Å². The first-order valence-electron chi connectivity index (χ1n) is 6.42. The van der Waals surface area contributed by atoms with E-state index >= 15 is 0 Å². The van der Waals surface area contributed by atoms with Crippen molar-refractivity contribution in [1.82, 2.24) is 0 Å². The largest absolute Gasteiger partial charge is 0.497 e. The molecule has 0 aromatic heterocycles. The standard InChI is InChI=1S/C16H14BrClO2/c1-19-12-3-4-13(14(18)9-12)16(17)11-2-5-15-10(8-11)6-7-20-15/h2-5,8-9,16H,6-7H2,1H3. The Balaban J connectivity index is 1.94. The predicted molar refractivity (Wildman–Crippen MR) is 84.4 cm³/mol. The maximum absolute atomic E-state index is 6.34. The number of ether oxygens (including phenoxy) is 2. The van der Waals surface area contributed by atoms with Gasteiger partial charge in [0.25, 0.3) is 0 Å². The van der Waals surface area contributed by atoms with E-state index in [1.54, 1.807) is 7.11 Å². The van der Waals surface area contributed by atoms with Crippen LogP contribution in [0.2, 0.25) is 5.02 Å². The molecule has 1 heterocycles. The molecule has 0 saturated carbocycles. The lowest BCUT2D eigenvalue weighted by Crippen LogP contribution is -1.95. The van der Waals surface area contributed by atoms with Crippen LogP contribution in [0.15, 0.2) is 36.4 Å². The summed E-state index contributed by atoms with van der Waals surface area (Å²) in [5.74, 6) is 1.76. The zero-order valence-electron chi connectivity index (χ0n) is 11.0. The number of methoxy groups -OCH3 is 1. The number of hydrogen-bond acceptors (Lipinski definition) is 2. The Morgan fingerprint density at radius 2 is 2.10 bits per heavy atom. The van der Waals surface area contributed by atoms with Gasteiger partial charge in [-0.3, -0.25) is 0 Å². The van der Waals surface area contributed by atoms with E-state index in [0.29, 0.717) is 5.02 Å². The highest BCUT2D eigenvalue weighted by Gasteiger charge is 2.18. The number of hydrogen-bond donors (Lipinski definition) is 0. The van der Waals surface area contributed by atoms with E-state index in [0.717, 1.165) is 30.1 Å². The molecule has 2 nitrogen and oxygen atoms in total. The Kier molecular flexibility index (Phi) is 3.90. The number of halogens is 2. The summed E-state index contributed by atoms with van der Waals surface area (Å²) in [6.07, 6.45) is 0.971. The minimum Gasteiger partial charge on any atom is -0.497 e. The zero-order valence-corrected chi connectivity index (χ0v) is 13.4. The molecule has 0 N–H and O–H groups in total. The van der Waals surface area contributed by atoms with Gasteiger partial charge in [0.2, 0.25) is 0 Å². The molecular formula is C16H14BrClO2. The van der Waals surface area contributed by atoms with Gasteiger partial charge in [0.1, 0.15) is 11.5 Å². The molecule has 3 rings (SSSR count). The first-order valence-corrected chi connectivity index (χ1v) is 7.71. The van der Waals surface area contributed by atoms with E-state index in [4.69, 9.17) is 21.1 Å². The predicted octanol–water partition coefficient (Wildman–Crippen LogP) is 4.77. The third-order valence-corrected chi connectivity index (χ3v) is 4.84. The van der Waals surface area contributed by atoms with Gasteiger partial charge in [-0.1, -0.05) is 45.7 Å². The Morgan fingerprint density at radius 3 is 2.85 bits per heavy atom. The molecule has 2 aromatic rings. The molecule has 4 heteroatoms. The molecule has 1 unspecified atom stereocenters. The van der Waals surface area contributed by atoms with E-state index in [2.05, 4.69) is 28.1 Å². The van der Waals surface area contributed by atoms with Gasteiger partial charge in [-0.15, -0.1) is 0 Å². The maximum Gasteiger partial charge on any atom is 0.122 e. The van der Waals surface area contributed by atoms with Crippen molar-refractivity contribution in [3.05, 3.63) is 58.1 Å². The molecular weight excluding hydrogens is 340 g/mol. The lowest BCUT2D eigenvalue weighted by atomic mass is 10.0. The highest BCUT2D eigenvalue weighted by atomic mass is 79.9. The van der Waals surface area contributed by atoms with E-state index in [1.165, 1.54) is 11.1 Å². The average Bonchev–Trinajstić information content (AvgIpc) is 2.93. The summed E-state index contributed by atoms with van der Waals surface area (Å²) in [4.78, 5) is 0.0619. The van der Waals surface area contributed by atoms with Crippen molar-refractivity contribution in [3.63, 3.8) is 0 Å². The molecule has 0 radical (unpaired) electrons. The van der Waals surface area contributed by atoms with Gasteiger partial charge < -0.3 is 9.47 Å². The number of fused-ring (bicyclic) bond motifs is 1. The normalized spacial score (nSPS) is 14.6. The second kappa shape index (κ2) is 5.66. The van der Waals surface area contributed by atoms with Crippen LogP contribution in [-0.2, 0) is 6.42 Å². The Bertz CT molecular complexity index is 642. The molecule has 1 aliphatic heterocycles. The molecule has 1 atom stereocenters. The fourth-order valence-electron chi connectivity index (χ4n) is 2.38. The van der Waals surface area contributed by atoms with Gasteiger partial charge in [-0.2, -0.15) is 0 Å². The monoisotopic (exact) mass is 352 g/mol. The van der Waals surface area contributed by atoms with Gasteiger partial charge in [-0.25, -0.2) is 0 Å². The molecule has 0 fully saturated rings. The van der Waals surface area contributed by atoms with Crippen molar-refractivity contribution in [2.24, 2.45) is 0 Å². The third kappa shape index (κ3) is 2.52. The summed E-state index contributed by atoms with van der Waals surface area (Å²) >= 11 is 10.1. The third-order valence-electron chi connectivity index (χ3n) is 3.49. The Hall–Kier alpha value is -1.19. The Morgan fingerprint density at radius 1 is 1.25 bits per heavy atom. The van der Waals surface area contributed by atoms with E-state index in [9.17, 15) is 0 Å². The van der Waals surface area contributed by atoms with E-state index < -0.39 is 0 Å². The molecule has 0 bridgehead atoms. The van der Waals surface area contributed by atoms with Crippen LogP contribution in [0.25, 0.3) is 0 Å². The summed E-state index contributed by atoms with van der Waals surface area (Å²) < 4.78 is 10.7. The smallest absolute Gasteiger partial charge is 0.122 e. The van der Waals surface area contributed by atoms with Gasteiger partial charge in [0.15, 0.2) is 0 Å². The second-order valence-corrected chi connectivity index (χ2v) is 6.04. The van der Waals surface area contributed by atoms with Crippen LogP contribution in [-0.4, -0.2) is 13.7 Å². The van der Waals surface area contributed by atoms with E-state index in [1.807, 2.05) is 24.3 Å². The van der Waals surface area contributed by atoms with Crippen LogP contribution in [0, 0.1) is 0 Å². The fraction of sp³-hybridized carbons (Fsp3) is 0.250. The van der Waals surface area contributed by atoms with Crippen molar-refractivity contribution in [2.75, 3.05) is 13.7 Å². The van der Waals surface area contributed by atoms with Crippen molar-refractivity contribution < 1.29 is 9.47 Å². The van der Waals surface area contributed by atoms with Crippen molar-refractivity contribution in [2.45, 2.75) is 11.2 Å². The average molecular weight is 354 g/mol. The molecule has 0 aliphatic carbocycles. The summed E-state index contributed by atoms with van der Waals surface area (Å²) in [6.45, 7) is 0.773. The summed E-state index contributed by atoms with van der Waals surface area (Å²) in [5, 5.41) is 0.697. The molecule has 0 amide bonds. The van der Waals surface area contributed by atoms with Crippen LogP contribution in [0.3, 0.4) is 0 Å². The molecule has 0 saturated heterocycles. The highest BCUT2D eigenvalue weighted by molar-refractivity contribution is 9.09. The molecule has 1 aliphatic rings. The van der Waals surface area contributed by atoms with Crippen molar-refractivity contribution >= 4 is 27.5 Å². The number of alkyl halides is 1. The lowest BCUT2D eigenvalue weighted by molar-refractivity contribution is 0.357. The molecule has 104 valence electrons. The van der Waals surface area contributed by atoms with E-state index in [-0.39, 0.29) is 4.83 Å². The van der Waals surface area contributed by atoms with Gasteiger partial charge in [0.05, 0.1) is 18.5 Å². The SMILES string of the molecule is COc1ccc(C(Br)c2ccc3c(c2)CCO3)c(Cl)c1. The number of benzene rings is 2. The van der Waals surface area contributed by atoms with Gasteiger partial charge in [0, 0.05) is 11.4 Å². The fourth-order valence-corrected chi connectivity index (χ4v) is 3.48. The van der Waals surface area contributed by atoms with Crippen LogP contribution >= 0.6 is 27.5 Å². The van der Waals surface area contributed by atoms with Gasteiger partial charge in [-0.05, 0) is 34.9 Å². The van der Waals surface area contributed by atoms with Crippen molar-refractivity contribution in [3.8, 4) is 11.5 Å². The molecule has 0 spiro atoms. The van der Waals surface area contributed by atoms with Gasteiger partial charge >= 0.3 is 0 Å². The van der Waals surface area contributed by atoms with Crippen LogP contribution in [0.4, 0.5) is 0 Å². The summed E-state index contributed by atoms with van der Waals surface area (Å²) in [6, 6.07) is 12.0. The quantitative estimate of drug-likeness (QED) is 0.740. The van der Waals surface area contributed by atoms with Crippen molar-refractivity contribution in [1.29, 1.82) is 0 Å². The first-order chi connectivity index (χ1) is 9.69.